The summed E-state index contributed by atoms with van der Waals surface area (Å²) >= 11 is 0. The SMILES string of the molecule is CC(C)NCC1(c2ccncc2)CCCC1. The van der Waals surface area contributed by atoms with Gasteiger partial charge >= 0.3 is 0 Å². The summed E-state index contributed by atoms with van der Waals surface area (Å²) in [5.41, 5.74) is 1.83. The molecule has 1 aromatic rings. The first-order valence-corrected chi connectivity index (χ1v) is 6.37. The van der Waals surface area contributed by atoms with Crippen LogP contribution in [0.3, 0.4) is 0 Å². The minimum absolute atomic E-state index is 0.368. The smallest absolute Gasteiger partial charge is 0.0270 e. The quantitative estimate of drug-likeness (QED) is 0.840. The van der Waals surface area contributed by atoms with Crippen molar-refractivity contribution in [3.63, 3.8) is 0 Å². The Hall–Kier alpha value is -0.890. The third-order valence-corrected chi connectivity index (χ3v) is 3.70. The van der Waals surface area contributed by atoms with E-state index < -0.39 is 0 Å². The number of rotatable bonds is 4. The maximum absolute atomic E-state index is 4.12. The van der Waals surface area contributed by atoms with Gasteiger partial charge in [-0.25, -0.2) is 0 Å². The Kier molecular flexibility index (Phi) is 3.59. The lowest BCUT2D eigenvalue weighted by molar-refractivity contribution is 0.387. The fraction of sp³-hybridized carbons (Fsp3) is 0.643. The van der Waals surface area contributed by atoms with Gasteiger partial charge in [0.2, 0.25) is 0 Å². The summed E-state index contributed by atoms with van der Waals surface area (Å²) in [6.07, 6.45) is 9.20. The molecule has 2 nitrogen and oxygen atoms in total. The Balaban J connectivity index is 2.16. The van der Waals surface area contributed by atoms with Gasteiger partial charge in [0, 0.05) is 30.4 Å². The molecule has 0 amide bonds. The van der Waals surface area contributed by atoms with Gasteiger partial charge in [-0.1, -0.05) is 26.7 Å². The van der Waals surface area contributed by atoms with E-state index in [0.717, 1.165) is 6.54 Å². The number of hydrogen-bond acceptors (Lipinski definition) is 2. The molecule has 2 rings (SSSR count). The first kappa shape index (κ1) is 11.6. The zero-order chi connectivity index (χ0) is 11.4. The predicted molar refractivity (Wildman–Crippen MR) is 67.5 cm³/mol. The normalized spacial score (nSPS) is 19.2. The highest BCUT2D eigenvalue weighted by Crippen LogP contribution is 2.40. The van der Waals surface area contributed by atoms with Crippen LogP contribution in [0.2, 0.25) is 0 Å². The van der Waals surface area contributed by atoms with E-state index in [1.165, 1.54) is 31.2 Å². The molecular formula is C14H22N2. The van der Waals surface area contributed by atoms with Crippen LogP contribution in [-0.4, -0.2) is 17.6 Å². The van der Waals surface area contributed by atoms with Gasteiger partial charge in [0.15, 0.2) is 0 Å². The summed E-state index contributed by atoms with van der Waals surface area (Å²) in [6.45, 7) is 5.54. The monoisotopic (exact) mass is 218 g/mol. The average molecular weight is 218 g/mol. The molecule has 0 atom stereocenters. The molecule has 1 aliphatic rings. The van der Waals surface area contributed by atoms with Crippen molar-refractivity contribution in [3.05, 3.63) is 30.1 Å². The number of hydrogen-bond donors (Lipinski definition) is 1. The Morgan fingerprint density at radius 2 is 1.88 bits per heavy atom. The van der Waals surface area contributed by atoms with Crippen LogP contribution in [0, 0.1) is 0 Å². The summed E-state index contributed by atoms with van der Waals surface area (Å²) in [4.78, 5) is 4.12. The maximum atomic E-state index is 4.12. The molecule has 1 fully saturated rings. The Morgan fingerprint density at radius 3 is 2.44 bits per heavy atom. The highest BCUT2D eigenvalue weighted by Gasteiger charge is 2.35. The molecule has 0 aliphatic heterocycles. The summed E-state index contributed by atoms with van der Waals surface area (Å²) < 4.78 is 0. The van der Waals surface area contributed by atoms with Gasteiger partial charge in [-0.05, 0) is 30.5 Å². The van der Waals surface area contributed by atoms with Crippen molar-refractivity contribution in [2.45, 2.75) is 51.0 Å². The summed E-state index contributed by atoms with van der Waals surface area (Å²) in [5.74, 6) is 0. The van der Waals surface area contributed by atoms with Gasteiger partial charge in [0.25, 0.3) is 0 Å². The fourth-order valence-corrected chi connectivity index (χ4v) is 2.72. The molecule has 1 saturated carbocycles. The number of pyridine rings is 1. The molecule has 2 heteroatoms. The predicted octanol–water partition coefficient (Wildman–Crippen LogP) is 2.89. The topological polar surface area (TPSA) is 24.9 Å². The summed E-state index contributed by atoms with van der Waals surface area (Å²) in [5, 5.41) is 3.61. The third-order valence-electron chi connectivity index (χ3n) is 3.70. The van der Waals surface area contributed by atoms with Crippen LogP contribution in [0.5, 0.6) is 0 Å². The average Bonchev–Trinajstić information content (AvgIpc) is 2.78. The van der Waals surface area contributed by atoms with E-state index in [2.05, 4.69) is 36.3 Å². The third kappa shape index (κ3) is 2.43. The van der Waals surface area contributed by atoms with Crippen LogP contribution in [0.25, 0.3) is 0 Å². The molecule has 0 radical (unpaired) electrons. The Labute approximate surface area is 98.5 Å². The standard InChI is InChI=1S/C14H22N2/c1-12(2)16-11-14(7-3-4-8-14)13-5-9-15-10-6-13/h5-6,9-10,12,16H,3-4,7-8,11H2,1-2H3. The maximum Gasteiger partial charge on any atom is 0.0270 e. The van der Waals surface area contributed by atoms with Crippen molar-refractivity contribution < 1.29 is 0 Å². The van der Waals surface area contributed by atoms with E-state index in [9.17, 15) is 0 Å². The molecule has 0 aromatic carbocycles. The molecule has 88 valence electrons. The number of aromatic nitrogens is 1. The molecule has 0 spiro atoms. The summed E-state index contributed by atoms with van der Waals surface area (Å²) in [7, 11) is 0. The lowest BCUT2D eigenvalue weighted by Gasteiger charge is -2.31. The van der Waals surface area contributed by atoms with E-state index in [-0.39, 0.29) is 0 Å². The summed E-state index contributed by atoms with van der Waals surface area (Å²) in [6, 6.07) is 4.94. The van der Waals surface area contributed by atoms with Gasteiger partial charge in [-0.3, -0.25) is 4.98 Å². The number of nitrogens with zero attached hydrogens (tertiary/aromatic N) is 1. The Morgan fingerprint density at radius 1 is 1.25 bits per heavy atom. The molecular weight excluding hydrogens is 196 g/mol. The minimum atomic E-state index is 0.368. The van der Waals surface area contributed by atoms with Crippen LogP contribution in [0.1, 0.15) is 45.1 Å². The van der Waals surface area contributed by atoms with Crippen molar-refractivity contribution in [2.24, 2.45) is 0 Å². The van der Waals surface area contributed by atoms with E-state index in [1.54, 1.807) is 0 Å². The molecule has 1 N–H and O–H groups in total. The van der Waals surface area contributed by atoms with Crippen LogP contribution in [0.4, 0.5) is 0 Å². The lowest BCUT2D eigenvalue weighted by Crippen LogP contribution is -2.39. The van der Waals surface area contributed by atoms with E-state index in [1.807, 2.05) is 12.4 Å². The van der Waals surface area contributed by atoms with Gasteiger partial charge < -0.3 is 5.32 Å². The zero-order valence-corrected chi connectivity index (χ0v) is 10.4. The zero-order valence-electron chi connectivity index (χ0n) is 10.4. The number of nitrogens with one attached hydrogen (secondary N) is 1. The first-order chi connectivity index (χ1) is 7.73. The fourth-order valence-electron chi connectivity index (χ4n) is 2.72. The van der Waals surface area contributed by atoms with Gasteiger partial charge in [-0.15, -0.1) is 0 Å². The minimum Gasteiger partial charge on any atom is -0.314 e. The molecule has 0 bridgehead atoms. The van der Waals surface area contributed by atoms with Crippen LogP contribution < -0.4 is 5.32 Å². The highest BCUT2D eigenvalue weighted by molar-refractivity contribution is 5.25. The van der Waals surface area contributed by atoms with Crippen molar-refractivity contribution in [1.82, 2.24) is 10.3 Å². The molecule has 1 heterocycles. The van der Waals surface area contributed by atoms with E-state index in [4.69, 9.17) is 0 Å². The second-order valence-corrected chi connectivity index (χ2v) is 5.26. The van der Waals surface area contributed by atoms with Crippen LogP contribution in [0.15, 0.2) is 24.5 Å². The lowest BCUT2D eigenvalue weighted by atomic mass is 9.79. The molecule has 0 unspecified atom stereocenters. The van der Waals surface area contributed by atoms with Crippen molar-refractivity contribution in [3.8, 4) is 0 Å². The Bertz CT molecular complexity index is 313. The molecule has 1 aromatic heterocycles. The second-order valence-electron chi connectivity index (χ2n) is 5.26. The first-order valence-electron chi connectivity index (χ1n) is 6.37. The van der Waals surface area contributed by atoms with Gasteiger partial charge in [0.05, 0.1) is 0 Å². The molecule has 0 saturated heterocycles. The highest BCUT2D eigenvalue weighted by atomic mass is 14.9. The van der Waals surface area contributed by atoms with E-state index in [0.29, 0.717) is 11.5 Å². The van der Waals surface area contributed by atoms with Gasteiger partial charge in [0.1, 0.15) is 0 Å². The van der Waals surface area contributed by atoms with E-state index >= 15 is 0 Å². The second kappa shape index (κ2) is 4.96. The van der Waals surface area contributed by atoms with Crippen molar-refractivity contribution in [1.29, 1.82) is 0 Å². The largest absolute Gasteiger partial charge is 0.314 e. The van der Waals surface area contributed by atoms with Crippen molar-refractivity contribution in [2.75, 3.05) is 6.54 Å². The van der Waals surface area contributed by atoms with Crippen LogP contribution in [-0.2, 0) is 5.41 Å². The molecule has 1 aliphatic carbocycles. The van der Waals surface area contributed by atoms with Crippen molar-refractivity contribution >= 4 is 0 Å². The molecule has 16 heavy (non-hydrogen) atoms. The van der Waals surface area contributed by atoms with Crippen LogP contribution >= 0.6 is 0 Å². The van der Waals surface area contributed by atoms with Gasteiger partial charge in [-0.2, -0.15) is 0 Å².